The summed E-state index contributed by atoms with van der Waals surface area (Å²) < 4.78 is 4.21. The van der Waals surface area contributed by atoms with Crippen molar-refractivity contribution in [1.29, 1.82) is 0 Å². The van der Waals surface area contributed by atoms with Crippen LogP contribution >= 0.6 is 11.6 Å². The van der Waals surface area contributed by atoms with Gasteiger partial charge in [-0.25, -0.2) is 13.9 Å². The van der Waals surface area contributed by atoms with Crippen LogP contribution in [-0.2, 0) is 13.1 Å². The maximum atomic E-state index is 13.7. The van der Waals surface area contributed by atoms with Gasteiger partial charge in [0.15, 0.2) is 0 Å². The van der Waals surface area contributed by atoms with E-state index in [1.165, 1.54) is 13.6 Å². The van der Waals surface area contributed by atoms with Gasteiger partial charge in [0.05, 0.1) is 24.0 Å². The minimum absolute atomic E-state index is 0.0612. The molecule has 9 heteroatoms. The molecule has 188 valence electrons. The largest absolute Gasteiger partial charge is 0.352 e. The van der Waals surface area contributed by atoms with E-state index in [1.54, 1.807) is 36.4 Å². The predicted octanol–water partition coefficient (Wildman–Crippen LogP) is 4.01. The first-order chi connectivity index (χ1) is 17.7. The molecule has 0 spiro atoms. The third-order valence-corrected chi connectivity index (χ3v) is 6.38. The molecule has 2 heterocycles. The summed E-state index contributed by atoms with van der Waals surface area (Å²) in [4.78, 5) is 40.0. The molecule has 0 bridgehead atoms. The lowest BCUT2D eigenvalue weighted by Gasteiger charge is -2.12. The van der Waals surface area contributed by atoms with Crippen LogP contribution in [-0.4, -0.2) is 30.7 Å². The lowest BCUT2D eigenvalue weighted by Crippen LogP contribution is -2.30. The Bertz CT molecular complexity index is 1760. The molecular weight excluding hydrogens is 490 g/mol. The fraction of sp³-hybridized carbons (Fsp3) is 0.214. The van der Waals surface area contributed by atoms with Gasteiger partial charge in [-0.3, -0.25) is 14.2 Å². The molecule has 2 aromatic heterocycles. The number of amides is 1. The number of aromatic nitrogens is 4. The topological polar surface area (TPSA) is 90.4 Å². The first kappa shape index (κ1) is 24.5. The molecule has 0 aliphatic rings. The Morgan fingerprint density at radius 3 is 2.43 bits per heavy atom. The predicted molar refractivity (Wildman–Crippen MR) is 145 cm³/mol. The first-order valence-electron chi connectivity index (χ1n) is 12.0. The quantitative estimate of drug-likeness (QED) is 0.370. The summed E-state index contributed by atoms with van der Waals surface area (Å²) in [5.74, 6) is -0.0835. The number of hydrogen-bond donors (Lipinski definition) is 1. The molecule has 0 aliphatic heterocycles. The van der Waals surface area contributed by atoms with Crippen LogP contribution in [0.2, 0.25) is 5.02 Å². The van der Waals surface area contributed by atoms with Gasteiger partial charge in [0.1, 0.15) is 0 Å². The van der Waals surface area contributed by atoms with Crippen LogP contribution in [0.4, 0.5) is 0 Å². The van der Waals surface area contributed by atoms with Gasteiger partial charge >= 0.3 is 5.69 Å². The number of hydrogen-bond acceptors (Lipinski definition) is 4. The lowest BCUT2D eigenvalue weighted by atomic mass is 10.1. The number of nitrogens with zero attached hydrogens (tertiary/aromatic N) is 4. The third-order valence-electron chi connectivity index (χ3n) is 6.14. The van der Waals surface area contributed by atoms with E-state index in [0.29, 0.717) is 21.5 Å². The van der Waals surface area contributed by atoms with Crippen molar-refractivity contribution in [2.75, 3.05) is 0 Å². The summed E-state index contributed by atoms with van der Waals surface area (Å²) in [6.07, 6.45) is 0. The van der Waals surface area contributed by atoms with E-state index in [2.05, 4.69) is 10.4 Å². The highest BCUT2D eigenvalue weighted by Gasteiger charge is 2.20. The van der Waals surface area contributed by atoms with Crippen molar-refractivity contribution < 1.29 is 4.79 Å². The summed E-state index contributed by atoms with van der Waals surface area (Å²) in [6.45, 7) is 6.14. The van der Waals surface area contributed by atoms with Crippen molar-refractivity contribution in [3.8, 4) is 0 Å². The molecule has 3 aromatic carbocycles. The number of aryl methyl sites for hydroxylation is 1. The lowest BCUT2D eigenvalue weighted by molar-refractivity contribution is 0.0943. The van der Waals surface area contributed by atoms with Crippen LogP contribution in [0.15, 0.2) is 76.3 Å². The monoisotopic (exact) mass is 515 g/mol. The fourth-order valence-corrected chi connectivity index (χ4v) is 4.55. The molecule has 0 fully saturated rings. The van der Waals surface area contributed by atoms with Crippen LogP contribution in [0, 0.1) is 6.92 Å². The molecule has 0 aliphatic carbocycles. The Labute approximate surface area is 217 Å². The number of nitrogens with one attached hydrogen (secondary N) is 1. The molecule has 0 unspecified atom stereocenters. The Balaban J connectivity index is 1.75. The number of carbonyl (C=O) groups is 1. The maximum Gasteiger partial charge on any atom is 0.352 e. The Morgan fingerprint density at radius 2 is 1.73 bits per heavy atom. The molecule has 5 aromatic rings. The molecule has 5 rings (SSSR count). The van der Waals surface area contributed by atoms with E-state index in [1.807, 2.05) is 51.1 Å². The van der Waals surface area contributed by atoms with E-state index < -0.39 is 5.69 Å². The minimum atomic E-state index is -0.418. The number of fused-ring (bicyclic) bond motifs is 3. The van der Waals surface area contributed by atoms with E-state index in [9.17, 15) is 14.4 Å². The second-order valence-corrected chi connectivity index (χ2v) is 9.88. The average molecular weight is 516 g/mol. The summed E-state index contributed by atoms with van der Waals surface area (Å²) >= 11 is 6.14. The molecule has 37 heavy (non-hydrogen) atoms. The van der Waals surface area contributed by atoms with Crippen molar-refractivity contribution in [3.63, 3.8) is 0 Å². The highest BCUT2D eigenvalue weighted by molar-refractivity contribution is 6.30. The first-order valence-corrected chi connectivity index (χ1v) is 12.4. The molecule has 8 nitrogen and oxygen atoms in total. The zero-order valence-corrected chi connectivity index (χ0v) is 21.5. The Hall–Kier alpha value is -4.17. The second-order valence-electron chi connectivity index (χ2n) is 9.44. The molecule has 0 radical (unpaired) electrons. The molecule has 0 atom stereocenters. The van der Waals surface area contributed by atoms with Gasteiger partial charge in [0, 0.05) is 16.6 Å². The summed E-state index contributed by atoms with van der Waals surface area (Å²) in [5.41, 5.74) is 2.78. The number of carbonyl (C=O) groups excluding carboxylic acids is 1. The van der Waals surface area contributed by atoms with Gasteiger partial charge in [-0.05, 0) is 62.2 Å². The van der Waals surface area contributed by atoms with Crippen molar-refractivity contribution in [1.82, 2.24) is 24.1 Å². The summed E-state index contributed by atoms with van der Waals surface area (Å²) in [6, 6.07) is 19.7. The Morgan fingerprint density at radius 1 is 0.973 bits per heavy atom. The van der Waals surface area contributed by atoms with Gasteiger partial charge in [-0.15, -0.1) is 5.10 Å². The molecule has 0 saturated carbocycles. The molecule has 0 saturated heterocycles. The SMILES string of the molecule is Cc1ccc(Cn2c(=O)c3ccc(C(=O)NC(C)C)cc3n3c(=O)n(Cc4cccc(Cl)c4)nc23)cc1. The van der Waals surface area contributed by atoms with E-state index >= 15 is 0 Å². The van der Waals surface area contributed by atoms with E-state index in [0.717, 1.165) is 16.7 Å². The van der Waals surface area contributed by atoms with E-state index in [4.69, 9.17) is 11.6 Å². The van der Waals surface area contributed by atoms with Gasteiger partial charge in [-0.1, -0.05) is 53.6 Å². The molecule has 1 amide bonds. The van der Waals surface area contributed by atoms with Gasteiger partial charge < -0.3 is 5.32 Å². The third kappa shape index (κ3) is 4.80. The zero-order chi connectivity index (χ0) is 26.3. The fourth-order valence-electron chi connectivity index (χ4n) is 4.33. The number of benzene rings is 3. The number of halogens is 1. The Kier molecular flexibility index (Phi) is 6.43. The molecule has 1 N–H and O–H groups in total. The van der Waals surface area contributed by atoms with Crippen LogP contribution in [0.25, 0.3) is 16.7 Å². The standard InChI is InChI=1S/C28H26ClN5O3/c1-17(2)30-25(35)21-11-12-23-24(14-21)34-27(32(26(23)36)15-19-9-7-18(3)8-10-19)31-33(28(34)37)16-20-5-4-6-22(29)13-20/h4-14,17H,15-16H2,1-3H3,(H,30,35). The van der Waals surface area contributed by atoms with Crippen molar-refractivity contribution in [2.24, 2.45) is 0 Å². The van der Waals surface area contributed by atoms with Gasteiger partial charge in [-0.2, -0.15) is 0 Å². The smallest absolute Gasteiger partial charge is 0.350 e. The average Bonchev–Trinajstić information content (AvgIpc) is 3.18. The minimum Gasteiger partial charge on any atom is -0.350 e. The van der Waals surface area contributed by atoms with Crippen molar-refractivity contribution in [3.05, 3.63) is 115 Å². The van der Waals surface area contributed by atoms with Gasteiger partial charge in [0.25, 0.3) is 11.5 Å². The summed E-state index contributed by atoms with van der Waals surface area (Å²) in [7, 11) is 0. The van der Waals surface area contributed by atoms with Crippen molar-refractivity contribution in [2.45, 2.75) is 39.9 Å². The highest BCUT2D eigenvalue weighted by Crippen LogP contribution is 2.17. The van der Waals surface area contributed by atoms with Gasteiger partial charge in [0.2, 0.25) is 5.78 Å². The van der Waals surface area contributed by atoms with Crippen LogP contribution in [0.3, 0.4) is 0 Å². The van der Waals surface area contributed by atoms with Crippen LogP contribution < -0.4 is 16.6 Å². The number of rotatable bonds is 6. The molecular formula is C28H26ClN5O3. The maximum absolute atomic E-state index is 13.7. The van der Waals surface area contributed by atoms with Crippen molar-refractivity contribution >= 4 is 34.2 Å². The normalized spacial score (nSPS) is 11.5. The zero-order valence-electron chi connectivity index (χ0n) is 20.7. The van der Waals surface area contributed by atoms with E-state index in [-0.39, 0.29) is 36.4 Å². The second kappa shape index (κ2) is 9.71. The summed E-state index contributed by atoms with van der Waals surface area (Å²) in [5, 5.41) is 8.30. The highest BCUT2D eigenvalue weighted by atomic mass is 35.5. The van der Waals surface area contributed by atoms with Crippen LogP contribution in [0.5, 0.6) is 0 Å². The van der Waals surface area contributed by atoms with Crippen LogP contribution in [0.1, 0.15) is 40.9 Å².